The van der Waals surface area contributed by atoms with Crippen molar-refractivity contribution in [3.63, 3.8) is 0 Å². The maximum absolute atomic E-state index is 12.1. The van der Waals surface area contributed by atoms with Gasteiger partial charge in [0, 0.05) is 24.2 Å². The number of urea groups is 1. The lowest BCUT2D eigenvalue weighted by Crippen LogP contribution is -2.40. The fraction of sp³-hybridized carbons (Fsp3) is 0.444. The quantitative estimate of drug-likeness (QED) is 0.690. The van der Waals surface area contributed by atoms with Crippen LogP contribution in [0.15, 0.2) is 36.5 Å². The molecule has 0 unspecified atom stereocenters. The number of anilines is 1. The molecule has 1 fully saturated rings. The molecule has 7 nitrogen and oxygen atoms in total. The number of aliphatic hydroxyl groups is 1. The van der Waals surface area contributed by atoms with Gasteiger partial charge in [-0.1, -0.05) is 23.7 Å². The van der Waals surface area contributed by atoms with Crippen molar-refractivity contribution in [2.24, 2.45) is 0 Å². The molecule has 1 atom stereocenters. The summed E-state index contributed by atoms with van der Waals surface area (Å²) in [6.07, 6.45) is 3.42. The standard InChI is InChI=1S/C18H24ClN5O2/c19-15-5-3-14(4-6-15)12-24-17(7-8-21-24)22-18(26)20-11-16(25)13-23-9-1-2-10-23/h3-8,16,25H,1-2,9-13H2,(H2,20,22,26)/t16-/m0/s1. The summed E-state index contributed by atoms with van der Waals surface area (Å²) in [7, 11) is 0. The monoisotopic (exact) mass is 377 g/mol. The second-order valence-corrected chi connectivity index (χ2v) is 6.93. The van der Waals surface area contributed by atoms with Crippen LogP contribution in [0.5, 0.6) is 0 Å². The summed E-state index contributed by atoms with van der Waals surface area (Å²) in [5.41, 5.74) is 1.03. The van der Waals surface area contributed by atoms with E-state index in [1.54, 1.807) is 16.9 Å². The number of halogens is 1. The fourth-order valence-corrected chi connectivity index (χ4v) is 3.15. The highest BCUT2D eigenvalue weighted by atomic mass is 35.5. The van der Waals surface area contributed by atoms with Crippen molar-refractivity contribution in [3.8, 4) is 0 Å². The van der Waals surface area contributed by atoms with Gasteiger partial charge in [-0.2, -0.15) is 5.10 Å². The summed E-state index contributed by atoms with van der Waals surface area (Å²) in [5.74, 6) is 0.589. The van der Waals surface area contributed by atoms with Crippen LogP contribution in [-0.4, -0.2) is 58.1 Å². The average Bonchev–Trinajstić information content (AvgIpc) is 3.28. The summed E-state index contributed by atoms with van der Waals surface area (Å²) < 4.78 is 1.70. The molecule has 0 spiro atoms. The second kappa shape index (κ2) is 9.02. The van der Waals surface area contributed by atoms with E-state index in [2.05, 4.69) is 20.6 Å². The molecule has 1 aromatic heterocycles. The molecular weight excluding hydrogens is 354 g/mol. The predicted octanol–water partition coefficient (Wildman–Crippen LogP) is 2.16. The topological polar surface area (TPSA) is 82.4 Å². The van der Waals surface area contributed by atoms with Crippen LogP contribution in [0.1, 0.15) is 18.4 Å². The Morgan fingerprint density at radius 1 is 1.23 bits per heavy atom. The Kier molecular flexibility index (Phi) is 6.49. The van der Waals surface area contributed by atoms with Gasteiger partial charge in [0.15, 0.2) is 0 Å². The van der Waals surface area contributed by atoms with E-state index in [-0.39, 0.29) is 12.6 Å². The minimum absolute atomic E-state index is 0.216. The number of aromatic nitrogens is 2. The van der Waals surface area contributed by atoms with Crippen molar-refractivity contribution < 1.29 is 9.90 Å². The van der Waals surface area contributed by atoms with Crippen molar-refractivity contribution in [2.45, 2.75) is 25.5 Å². The molecule has 0 aliphatic carbocycles. The lowest BCUT2D eigenvalue weighted by Gasteiger charge is -2.19. The molecule has 1 aromatic carbocycles. The highest BCUT2D eigenvalue weighted by Crippen LogP contribution is 2.13. The van der Waals surface area contributed by atoms with Crippen molar-refractivity contribution in [1.29, 1.82) is 0 Å². The second-order valence-electron chi connectivity index (χ2n) is 6.50. The molecule has 0 bridgehead atoms. The molecule has 140 valence electrons. The van der Waals surface area contributed by atoms with Crippen LogP contribution in [0.4, 0.5) is 10.6 Å². The van der Waals surface area contributed by atoms with Crippen LogP contribution in [0, 0.1) is 0 Å². The highest BCUT2D eigenvalue weighted by Gasteiger charge is 2.16. The number of β-amino-alcohol motifs (C(OH)–C–C–N with tert-alkyl or cyclic N) is 1. The Labute approximate surface area is 157 Å². The van der Waals surface area contributed by atoms with Crippen LogP contribution < -0.4 is 10.6 Å². The molecule has 2 aromatic rings. The third-order valence-electron chi connectivity index (χ3n) is 4.37. The summed E-state index contributed by atoms with van der Waals surface area (Å²) in [5, 5.41) is 20.4. The Morgan fingerprint density at radius 3 is 2.69 bits per heavy atom. The minimum atomic E-state index is -0.571. The first-order chi connectivity index (χ1) is 12.6. The van der Waals surface area contributed by atoms with E-state index >= 15 is 0 Å². The number of carbonyl (C=O) groups is 1. The third kappa shape index (κ3) is 5.45. The number of nitrogens with zero attached hydrogens (tertiary/aromatic N) is 3. The van der Waals surface area contributed by atoms with Gasteiger partial charge in [-0.05, 0) is 43.6 Å². The van der Waals surface area contributed by atoms with Gasteiger partial charge >= 0.3 is 6.03 Å². The zero-order valence-electron chi connectivity index (χ0n) is 14.6. The Hall–Kier alpha value is -2.09. The molecule has 2 heterocycles. The van der Waals surface area contributed by atoms with Crippen molar-refractivity contribution in [3.05, 3.63) is 47.1 Å². The lowest BCUT2D eigenvalue weighted by molar-refractivity contribution is 0.125. The molecule has 8 heteroatoms. The van der Waals surface area contributed by atoms with Gasteiger partial charge in [0.1, 0.15) is 5.82 Å². The first-order valence-corrected chi connectivity index (χ1v) is 9.19. The van der Waals surface area contributed by atoms with Crippen LogP contribution in [-0.2, 0) is 6.54 Å². The molecule has 0 radical (unpaired) electrons. The summed E-state index contributed by atoms with van der Waals surface area (Å²) in [6.45, 7) is 3.38. The van der Waals surface area contributed by atoms with Gasteiger partial charge < -0.3 is 15.3 Å². The van der Waals surface area contributed by atoms with Gasteiger partial charge in [0.2, 0.25) is 0 Å². The molecule has 3 N–H and O–H groups in total. The van der Waals surface area contributed by atoms with E-state index < -0.39 is 6.10 Å². The van der Waals surface area contributed by atoms with Crippen molar-refractivity contribution in [1.82, 2.24) is 20.0 Å². The van der Waals surface area contributed by atoms with Crippen molar-refractivity contribution in [2.75, 3.05) is 31.5 Å². The number of likely N-dealkylation sites (tertiary alicyclic amines) is 1. The lowest BCUT2D eigenvalue weighted by atomic mass is 10.2. The SMILES string of the molecule is O=C(NC[C@H](O)CN1CCCC1)Nc1ccnn1Cc1ccc(Cl)cc1. The number of amides is 2. The Balaban J connectivity index is 1.47. The van der Waals surface area contributed by atoms with E-state index in [4.69, 9.17) is 11.6 Å². The predicted molar refractivity (Wildman–Crippen MR) is 101 cm³/mol. The molecule has 3 rings (SSSR count). The highest BCUT2D eigenvalue weighted by molar-refractivity contribution is 6.30. The number of carbonyl (C=O) groups excluding carboxylic acids is 1. The number of hydrogen-bond donors (Lipinski definition) is 3. The van der Waals surface area contributed by atoms with Crippen LogP contribution in [0.2, 0.25) is 5.02 Å². The zero-order chi connectivity index (χ0) is 18.4. The molecular formula is C18H24ClN5O2. The normalized spacial score (nSPS) is 15.8. The summed E-state index contributed by atoms with van der Waals surface area (Å²) in [6, 6.07) is 8.86. The molecule has 1 saturated heterocycles. The fourth-order valence-electron chi connectivity index (χ4n) is 3.03. The van der Waals surface area contributed by atoms with Gasteiger partial charge in [0.25, 0.3) is 0 Å². The maximum Gasteiger partial charge on any atom is 0.320 e. The minimum Gasteiger partial charge on any atom is -0.390 e. The smallest absolute Gasteiger partial charge is 0.320 e. The van der Waals surface area contributed by atoms with Crippen LogP contribution in [0.25, 0.3) is 0 Å². The van der Waals surface area contributed by atoms with Gasteiger partial charge in [-0.3, -0.25) is 5.32 Å². The van der Waals surface area contributed by atoms with E-state index in [1.807, 2.05) is 24.3 Å². The number of rotatable bonds is 7. The molecule has 2 amide bonds. The average molecular weight is 378 g/mol. The number of aliphatic hydroxyl groups excluding tert-OH is 1. The first-order valence-electron chi connectivity index (χ1n) is 8.82. The molecule has 1 aliphatic heterocycles. The Morgan fingerprint density at radius 2 is 1.96 bits per heavy atom. The number of nitrogens with one attached hydrogen (secondary N) is 2. The Bertz CT molecular complexity index is 713. The summed E-state index contributed by atoms with van der Waals surface area (Å²) >= 11 is 5.90. The van der Waals surface area contributed by atoms with Crippen LogP contribution >= 0.6 is 11.6 Å². The third-order valence-corrected chi connectivity index (χ3v) is 4.62. The van der Waals surface area contributed by atoms with E-state index in [9.17, 15) is 9.90 Å². The van der Waals surface area contributed by atoms with E-state index in [1.165, 1.54) is 12.8 Å². The van der Waals surface area contributed by atoms with E-state index in [0.717, 1.165) is 18.7 Å². The number of hydrogen-bond acceptors (Lipinski definition) is 4. The largest absolute Gasteiger partial charge is 0.390 e. The maximum atomic E-state index is 12.1. The zero-order valence-corrected chi connectivity index (χ0v) is 15.3. The van der Waals surface area contributed by atoms with Crippen LogP contribution in [0.3, 0.4) is 0 Å². The molecule has 26 heavy (non-hydrogen) atoms. The summed E-state index contributed by atoms with van der Waals surface area (Å²) in [4.78, 5) is 14.3. The first kappa shape index (κ1) is 18.7. The van der Waals surface area contributed by atoms with E-state index in [0.29, 0.717) is 23.9 Å². The van der Waals surface area contributed by atoms with Gasteiger partial charge in [0.05, 0.1) is 18.8 Å². The molecule has 1 aliphatic rings. The molecule has 0 saturated carbocycles. The van der Waals surface area contributed by atoms with Gasteiger partial charge in [-0.25, -0.2) is 9.48 Å². The van der Waals surface area contributed by atoms with Gasteiger partial charge in [-0.15, -0.1) is 0 Å². The van der Waals surface area contributed by atoms with Crippen molar-refractivity contribution >= 4 is 23.4 Å². The number of benzene rings is 1.